The zero-order valence-electron chi connectivity index (χ0n) is 10.6. The molecule has 2 fully saturated rings. The van der Waals surface area contributed by atoms with E-state index < -0.39 is 12.0 Å². The standard InChI is InChI=1S/C13H23F2NO/c1-8-9-4-3-5-11(10(9)6-7-16-8)13(2,17)12(14)15/h8-12,16-17H,3-7H2,1-2H3/t8-,9+,10+,11+,13?/m0/s1. The molecular weight excluding hydrogens is 224 g/mol. The first-order chi connectivity index (χ1) is 7.94. The van der Waals surface area contributed by atoms with Crippen molar-refractivity contribution >= 4 is 0 Å². The van der Waals surface area contributed by atoms with Gasteiger partial charge in [0.25, 0.3) is 6.43 Å². The average Bonchev–Trinajstić information content (AvgIpc) is 2.28. The highest BCUT2D eigenvalue weighted by atomic mass is 19.3. The SMILES string of the molecule is C[C@@H]1NCC[C@@H]2[C@@H]1CCC[C@H]2C(C)(O)C(F)F. The van der Waals surface area contributed by atoms with Crippen LogP contribution in [0.3, 0.4) is 0 Å². The van der Waals surface area contributed by atoms with Crippen LogP contribution in [-0.2, 0) is 0 Å². The van der Waals surface area contributed by atoms with Crippen molar-refractivity contribution in [3.05, 3.63) is 0 Å². The van der Waals surface area contributed by atoms with Crippen LogP contribution in [0.5, 0.6) is 0 Å². The molecule has 100 valence electrons. The Morgan fingerprint density at radius 3 is 2.59 bits per heavy atom. The summed E-state index contributed by atoms with van der Waals surface area (Å²) in [6.45, 7) is 4.34. The fourth-order valence-corrected chi connectivity index (χ4v) is 3.85. The van der Waals surface area contributed by atoms with Crippen molar-refractivity contribution in [3.8, 4) is 0 Å². The summed E-state index contributed by atoms with van der Waals surface area (Å²) in [7, 11) is 0. The molecule has 1 saturated carbocycles. The summed E-state index contributed by atoms with van der Waals surface area (Å²) in [5.74, 6) is 0.461. The molecule has 1 heterocycles. The molecule has 0 aromatic heterocycles. The number of hydrogen-bond donors (Lipinski definition) is 2. The van der Waals surface area contributed by atoms with Gasteiger partial charge in [-0.3, -0.25) is 0 Å². The zero-order valence-corrected chi connectivity index (χ0v) is 10.6. The molecule has 1 aliphatic carbocycles. The molecular formula is C13H23F2NO. The van der Waals surface area contributed by atoms with Gasteiger partial charge < -0.3 is 10.4 Å². The first-order valence-corrected chi connectivity index (χ1v) is 6.68. The summed E-state index contributed by atoms with van der Waals surface area (Å²) in [5, 5.41) is 13.5. The number of fused-ring (bicyclic) bond motifs is 1. The number of hydrogen-bond acceptors (Lipinski definition) is 2. The van der Waals surface area contributed by atoms with E-state index in [0.717, 1.165) is 32.2 Å². The Balaban J connectivity index is 2.17. The summed E-state index contributed by atoms with van der Waals surface area (Å²) in [4.78, 5) is 0. The molecule has 0 spiro atoms. The predicted molar refractivity (Wildman–Crippen MR) is 63.0 cm³/mol. The van der Waals surface area contributed by atoms with Gasteiger partial charge in [0.05, 0.1) is 0 Å². The third-order valence-electron chi connectivity index (χ3n) is 4.90. The lowest BCUT2D eigenvalue weighted by molar-refractivity contribution is -0.153. The minimum absolute atomic E-state index is 0.245. The Morgan fingerprint density at radius 1 is 1.24 bits per heavy atom. The van der Waals surface area contributed by atoms with Crippen LogP contribution in [0.1, 0.15) is 39.5 Å². The predicted octanol–water partition coefficient (Wildman–Crippen LogP) is 2.42. The first kappa shape index (κ1) is 13.2. The second kappa shape index (κ2) is 4.81. The zero-order chi connectivity index (χ0) is 12.6. The molecule has 1 saturated heterocycles. The van der Waals surface area contributed by atoms with E-state index in [0.29, 0.717) is 12.0 Å². The van der Waals surface area contributed by atoms with Gasteiger partial charge in [-0.15, -0.1) is 0 Å². The van der Waals surface area contributed by atoms with Gasteiger partial charge in [-0.1, -0.05) is 6.42 Å². The Labute approximate surface area is 102 Å². The molecule has 2 N–H and O–H groups in total. The van der Waals surface area contributed by atoms with Crippen molar-refractivity contribution in [1.82, 2.24) is 5.32 Å². The molecule has 2 rings (SSSR count). The summed E-state index contributed by atoms with van der Waals surface area (Å²) in [6, 6.07) is 0.394. The maximum absolute atomic E-state index is 13.0. The summed E-state index contributed by atoms with van der Waals surface area (Å²) < 4.78 is 26.0. The molecule has 0 bridgehead atoms. The fraction of sp³-hybridized carbons (Fsp3) is 1.00. The molecule has 17 heavy (non-hydrogen) atoms. The number of aliphatic hydroxyl groups is 1. The first-order valence-electron chi connectivity index (χ1n) is 6.68. The third kappa shape index (κ3) is 2.34. The van der Waals surface area contributed by atoms with Crippen LogP contribution in [0, 0.1) is 17.8 Å². The topological polar surface area (TPSA) is 32.3 Å². The number of nitrogens with one attached hydrogen (secondary N) is 1. The van der Waals surface area contributed by atoms with Crippen LogP contribution >= 0.6 is 0 Å². The minimum atomic E-state index is -2.64. The van der Waals surface area contributed by atoms with Crippen molar-refractivity contribution in [3.63, 3.8) is 0 Å². The lowest BCUT2D eigenvalue weighted by atomic mass is 9.62. The molecule has 2 aliphatic rings. The Morgan fingerprint density at radius 2 is 1.94 bits per heavy atom. The van der Waals surface area contributed by atoms with Crippen molar-refractivity contribution in [1.29, 1.82) is 0 Å². The van der Waals surface area contributed by atoms with Gasteiger partial charge in [0, 0.05) is 6.04 Å². The van der Waals surface area contributed by atoms with Gasteiger partial charge in [0.1, 0.15) is 5.60 Å². The molecule has 1 aliphatic heterocycles. The van der Waals surface area contributed by atoms with Crippen LogP contribution in [0.4, 0.5) is 8.78 Å². The summed E-state index contributed by atoms with van der Waals surface area (Å²) >= 11 is 0. The van der Waals surface area contributed by atoms with E-state index in [9.17, 15) is 13.9 Å². The average molecular weight is 247 g/mol. The van der Waals surface area contributed by atoms with E-state index in [-0.39, 0.29) is 11.8 Å². The molecule has 1 unspecified atom stereocenters. The largest absolute Gasteiger partial charge is 0.384 e. The highest BCUT2D eigenvalue weighted by Gasteiger charge is 2.49. The van der Waals surface area contributed by atoms with E-state index in [1.807, 2.05) is 0 Å². The molecule has 0 aromatic carbocycles. The molecule has 4 heteroatoms. The van der Waals surface area contributed by atoms with E-state index in [2.05, 4.69) is 12.2 Å². The monoisotopic (exact) mass is 247 g/mol. The highest BCUT2D eigenvalue weighted by molar-refractivity contribution is 4.98. The van der Waals surface area contributed by atoms with Gasteiger partial charge in [0.2, 0.25) is 0 Å². The quantitative estimate of drug-likeness (QED) is 0.785. The maximum Gasteiger partial charge on any atom is 0.266 e. The van der Waals surface area contributed by atoms with E-state index in [1.54, 1.807) is 0 Å². The van der Waals surface area contributed by atoms with Crippen molar-refractivity contribution in [2.24, 2.45) is 17.8 Å². The van der Waals surface area contributed by atoms with Gasteiger partial charge in [0.15, 0.2) is 0 Å². The van der Waals surface area contributed by atoms with Gasteiger partial charge in [-0.05, 0) is 57.4 Å². The molecule has 2 nitrogen and oxygen atoms in total. The van der Waals surface area contributed by atoms with Crippen LogP contribution in [0.25, 0.3) is 0 Å². The van der Waals surface area contributed by atoms with Crippen molar-refractivity contribution in [2.45, 2.75) is 57.6 Å². The van der Waals surface area contributed by atoms with Crippen molar-refractivity contribution in [2.75, 3.05) is 6.54 Å². The second-order valence-corrected chi connectivity index (χ2v) is 5.92. The highest BCUT2D eigenvalue weighted by Crippen LogP contribution is 2.46. The maximum atomic E-state index is 13.0. The van der Waals surface area contributed by atoms with Gasteiger partial charge in [-0.2, -0.15) is 0 Å². The van der Waals surface area contributed by atoms with Crippen LogP contribution < -0.4 is 5.32 Å². The van der Waals surface area contributed by atoms with E-state index in [4.69, 9.17) is 0 Å². The Hall–Kier alpha value is -0.220. The molecule has 0 radical (unpaired) electrons. The molecule has 0 aromatic rings. The van der Waals surface area contributed by atoms with Crippen LogP contribution in [-0.4, -0.2) is 29.7 Å². The van der Waals surface area contributed by atoms with Crippen LogP contribution in [0.15, 0.2) is 0 Å². The third-order valence-corrected chi connectivity index (χ3v) is 4.90. The molecule has 0 amide bonds. The minimum Gasteiger partial charge on any atom is -0.384 e. The van der Waals surface area contributed by atoms with Gasteiger partial charge in [-0.25, -0.2) is 8.78 Å². The number of piperidine rings is 1. The second-order valence-electron chi connectivity index (χ2n) is 5.92. The number of rotatable bonds is 2. The number of halogens is 2. The van der Waals surface area contributed by atoms with E-state index >= 15 is 0 Å². The Kier molecular flexibility index (Phi) is 3.74. The lowest BCUT2D eigenvalue weighted by Crippen LogP contribution is -2.55. The van der Waals surface area contributed by atoms with Gasteiger partial charge >= 0.3 is 0 Å². The Bertz CT molecular complexity index is 270. The molecule has 5 atom stereocenters. The van der Waals surface area contributed by atoms with E-state index in [1.165, 1.54) is 6.92 Å². The summed E-state index contributed by atoms with van der Waals surface area (Å²) in [6.07, 6.45) is 1.08. The smallest absolute Gasteiger partial charge is 0.266 e. The van der Waals surface area contributed by atoms with Crippen molar-refractivity contribution < 1.29 is 13.9 Å². The lowest BCUT2D eigenvalue weighted by Gasteiger charge is -2.49. The summed E-state index contributed by atoms with van der Waals surface area (Å²) in [5.41, 5.74) is -1.82. The normalized spacial score (nSPS) is 42.0. The van der Waals surface area contributed by atoms with Crippen LogP contribution in [0.2, 0.25) is 0 Å². The fourth-order valence-electron chi connectivity index (χ4n) is 3.85. The number of alkyl halides is 2.